The maximum absolute atomic E-state index is 12.5. The van der Waals surface area contributed by atoms with E-state index < -0.39 is 22.5 Å². The van der Waals surface area contributed by atoms with Gasteiger partial charge < -0.3 is 4.57 Å². The quantitative estimate of drug-likeness (QED) is 0.326. The first-order chi connectivity index (χ1) is 15.9. The van der Waals surface area contributed by atoms with Crippen molar-refractivity contribution >= 4 is 62.6 Å². The largest absolute Gasteiger partial charge is 0.316 e. The minimum Gasteiger partial charge on any atom is -0.316 e. The standard InChI is InChI=1S/C23H23Cl3N4O3S/c1-14-9-18(24)5-7-21(14)29(34(4,32)33)13-23(31)28-27-12-17-10-15(2)30(16(17)3)22-8-6-19(25)11-20(22)26/h5-12H,13H2,1-4H3,(H,28,31)/b27-12-. The van der Waals surface area contributed by atoms with Crippen molar-refractivity contribution in [3.05, 3.63) is 80.0 Å². The first-order valence-corrected chi connectivity index (χ1v) is 13.1. The van der Waals surface area contributed by atoms with Gasteiger partial charge >= 0.3 is 0 Å². The van der Waals surface area contributed by atoms with E-state index >= 15 is 0 Å². The summed E-state index contributed by atoms with van der Waals surface area (Å²) in [6.07, 6.45) is 2.53. The summed E-state index contributed by atoms with van der Waals surface area (Å²) in [5, 5.41) is 5.53. The molecule has 0 saturated carbocycles. The van der Waals surface area contributed by atoms with Gasteiger partial charge in [0.15, 0.2) is 0 Å². The number of hydrogen-bond acceptors (Lipinski definition) is 4. The summed E-state index contributed by atoms with van der Waals surface area (Å²) in [6.45, 7) is 5.11. The molecule has 11 heteroatoms. The number of carbonyl (C=O) groups is 1. The fourth-order valence-corrected chi connectivity index (χ4v) is 5.20. The third kappa shape index (κ3) is 5.93. The summed E-state index contributed by atoms with van der Waals surface area (Å²) in [4.78, 5) is 12.5. The number of rotatable bonds is 7. The van der Waals surface area contributed by atoms with Gasteiger partial charge in [-0.25, -0.2) is 13.8 Å². The van der Waals surface area contributed by atoms with E-state index in [-0.39, 0.29) is 0 Å². The highest BCUT2D eigenvalue weighted by atomic mass is 35.5. The molecule has 1 N–H and O–H groups in total. The lowest BCUT2D eigenvalue weighted by Crippen LogP contribution is -2.39. The Morgan fingerprint density at radius 3 is 2.32 bits per heavy atom. The van der Waals surface area contributed by atoms with Crippen molar-refractivity contribution in [2.45, 2.75) is 20.8 Å². The van der Waals surface area contributed by atoms with Crippen LogP contribution < -0.4 is 9.73 Å². The van der Waals surface area contributed by atoms with Crippen LogP contribution in [-0.2, 0) is 14.8 Å². The first kappa shape index (κ1) is 26.1. The number of aromatic nitrogens is 1. The van der Waals surface area contributed by atoms with Crippen molar-refractivity contribution < 1.29 is 13.2 Å². The molecule has 3 rings (SSSR count). The number of amides is 1. The molecular weight excluding hydrogens is 519 g/mol. The van der Waals surface area contributed by atoms with Crippen LogP contribution in [0, 0.1) is 20.8 Å². The Morgan fingerprint density at radius 2 is 1.71 bits per heavy atom. The number of carbonyl (C=O) groups excluding carboxylic acids is 1. The number of nitrogens with zero attached hydrogens (tertiary/aromatic N) is 3. The SMILES string of the molecule is Cc1cc(Cl)ccc1N(CC(=O)N/N=C\c1cc(C)n(-c2ccc(Cl)cc2Cl)c1C)S(C)(=O)=O. The lowest BCUT2D eigenvalue weighted by atomic mass is 10.2. The average molecular weight is 542 g/mol. The Hall–Kier alpha value is -2.52. The molecule has 0 aliphatic rings. The van der Waals surface area contributed by atoms with Gasteiger partial charge in [-0.05, 0) is 68.8 Å². The highest BCUT2D eigenvalue weighted by molar-refractivity contribution is 7.92. The van der Waals surface area contributed by atoms with Gasteiger partial charge in [0, 0.05) is 27.0 Å². The summed E-state index contributed by atoms with van der Waals surface area (Å²) in [7, 11) is -3.72. The third-order valence-corrected chi connectivity index (χ3v) is 7.03. The van der Waals surface area contributed by atoms with Crippen LogP contribution in [0.2, 0.25) is 15.1 Å². The Kier molecular flexibility index (Phi) is 7.98. The zero-order chi connectivity index (χ0) is 25.2. The Morgan fingerprint density at radius 1 is 1.06 bits per heavy atom. The first-order valence-electron chi connectivity index (χ1n) is 10.1. The Bertz CT molecular complexity index is 1380. The van der Waals surface area contributed by atoms with Crippen molar-refractivity contribution in [1.82, 2.24) is 9.99 Å². The summed E-state index contributed by atoms with van der Waals surface area (Å²) < 4.78 is 27.6. The van der Waals surface area contributed by atoms with Crippen LogP contribution in [0.1, 0.15) is 22.5 Å². The number of sulfonamides is 1. The van der Waals surface area contributed by atoms with E-state index in [9.17, 15) is 13.2 Å². The van der Waals surface area contributed by atoms with Gasteiger partial charge in [0.2, 0.25) is 10.0 Å². The molecule has 34 heavy (non-hydrogen) atoms. The van der Waals surface area contributed by atoms with Crippen molar-refractivity contribution in [2.24, 2.45) is 5.10 Å². The lowest BCUT2D eigenvalue weighted by Gasteiger charge is -2.23. The van der Waals surface area contributed by atoms with Crippen LogP contribution in [0.4, 0.5) is 5.69 Å². The number of benzene rings is 2. The highest BCUT2D eigenvalue weighted by Gasteiger charge is 2.22. The van der Waals surface area contributed by atoms with Gasteiger partial charge in [-0.3, -0.25) is 9.10 Å². The molecule has 7 nitrogen and oxygen atoms in total. The number of anilines is 1. The molecule has 1 amide bonds. The van der Waals surface area contributed by atoms with E-state index in [1.54, 1.807) is 37.3 Å². The second-order valence-electron chi connectivity index (χ2n) is 7.75. The van der Waals surface area contributed by atoms with Crippen LogP contribution in [-0.4, -0.2) is 37.9 Å². The number of aryl methyl sites for hydroxylation is 2. The van der Waals surface area contributed by atoms with Crippen molar-refractivity contribution in [3.8, 4) is 5.69 Å². The second-order valence-corrected chi connectivity index (χ2v) is 10.9. The average Bonchev–Trinajstić information content (AvgIpc) is 2.99. The van der Waals surface area contributed by atoms with Gasteiger partial charge in [-0.1, -0.05) is 34.8 Å². The number of halogens is 3. The van der Waals surface area contributed by atoms with Crippen molar-refractivity contribution in [2.75, 3.05) is 17.1 Å². The molecule has 0 aliphatic carbocycles. The minimum absolute atomic E-state index is 0.370. The molecule has 2 aromatic carbocycles. The maximum Gasteiger partial charge on any atom is 0.260 e. The van der Waals surface area contributed by atoms with Gasteiger partial charge in [-0.15, -0.1) is 0 Å². The molecule has 0 atom stereocenters. The third-order valence-electron chi connectivity index (χ3n) is 5.13. The van der Waals surface area contributed by atoms with E-state index in [0.717, 1.165) is 33.2 Å². The Labute approximate surface area is 214 Å². The van der Waals surface area contributed by atoms with Crippen LogP contribution in [0.3, 0.4) is 0 Å². The number of hydrogen-bond donors (Lipinski definition) is 1. The molecule has 0 radical (unpaired) electrons. The summed E-state index contributed by atoms with van der Waals surface area (Å²) in [5.74, 6) is -0.592. The minimum atomic E-state index is -3.72. The van der Waals surface area contributed by atoms with Gasteiger partial charge in [0.1, 0.15) is 6.54 Å². The summed E-state index contributed by atoms with van der Waals surface area (Å²) in [6, 6.07) is 11.9. The highest BCUT2D eigenvalue weighted by Crippen LogP contribution is 2.28. The molecule has 3 aromatic rings. The van der Waals surface area contributed by atoms with E-state index in [1.165, 1.54) is 6.21 Å². The van der Waals surface area contributed by atoms with Crippen molar-refractivity contribution in [1.29, 1.82) is 0 Å². The van der Waals surface area contributed by atoms with Gasteiger partial charge in [-0.2, -0.15) is 5.10 Å². The van der Waals surface area contributed by atoms with Crippen LogP contribution in [0.5, 0.6) is 0 Å². The molecule has 1 heterocycles. The second kappa shape index (κ2) is 10.4. The molecular formula is C23H23Cl3N4O3S. The molecule has 1 aromatic heterocycles. The molecule has 0 fully saturated rings. The predicted molar refractivity (Wildman–Crippen MR) is 139 cm³/mol. The fourth-order valence-electron chi connectivity index (χ4n) is 3.57. The van der Waals surface area contributed by atoms with Gasteiger partial charge in [0.25, 0.3) is 5.91 Å². The molecule has 0 aliphatic heterocycles. The Balaban J connectivity index is 1.78. The molecule has 0 unspecified atom stereocenters. The number of hydrazone groups is 1. The molecule has 0 saturated heterocycles. The molecule has 0 bridgehead atoms. The topological polar surface area (TPSA) is 83.8 Å². The molecule has 180 valence electrons. The van der Waals surface area contributed by atoms with Crippen LogP contribution >= 0.6 is 34.8 Å². The van der Waals surface area contributed by atoms with Gasteiger partial charge in [0.05, 0.1) is 28.9 Å². The monoisotopic (exact) mass is 540 g/mol. The fraction of sp³-hybridized carbons (Fsp3) is 0.217. The van der Waals surface area contributed by atoms with E-state index in [2.05, 4.69) is 10.5 Å². The zero-order valence-corrected chi connectivity index (χ0v) is 22.0. The predicted octanol–water partition coefficient (Wildman–Crippen LogP) is 5.28. The molecule has 0 spiro atoms. The van der Waals surface area contributed by atoms with Crippen LogP contribution in [0.15, 0.2) is 47.6 Å². The maximum atomic E-state index is 12.5. The normalized spacial score (nSPS) is 11.7. The summed E-state index contributed by atoms with van der Waals surface area (Å²) >= 11 is 18.3. The van der Waals surface area contributed by atoms with E-state index in [1.807, 2.05) is 30.5 Å². The number of nitrogens with one attached hydrogen (secondary N) is 1. The summed E-state index contributed by atoms with van der Waals surface area (Å²) in [5.41, 5.74) is 6.69. The van der Waals surface area contributed by atoms with Crippen LogP contribution in [0.25, 0.3) is 5.69 Å². The van der Waals surface area contributed by atoms with E-state index in [4.69, 9.17) is 34.8 Å². The van der Waals surface area contributed by atoms with E-state index in [0.29, 0.717) is 26.3 Å². The smallest absolute Gasteiger partial charge is 0.260 e. The van der Waals surface area contributed by atoms with Crippen molar-refractivity contribution in [3.63, 3.8) is 0 Å². The zero-order valence-electron chi connectivity index (χ0n) is 18.9. The lowest BCUT2D eigenvalue weighted by molar-refractivity contribution is -0.119.